The van der Waals surface area contributed by atoms with Crippen molar-refractivity contribution in [1.82, 2.24) is 74.8 Å². The van der Waals surface area contributed by atoms with Gasteiger partial charge < -0.3 is 49.2 Å². The molecular formula is C92H69N15O13. The number of nitrogens with zero attached hydrogens (tertiary/aromatic N) is 12. The van der Waals surface area contributed by atoms with Gasteiger partial charge in [0, 0.05) is 108 Å². The molecule has 6 N–H and O–H groups in total. The fourth-order valence-corrected chi connectivity index (χ4v) is 13.2. The van der Waals surface area contributed by atoms with E-state index in [2.05, 4.69) is 59.6 Å². The van der Waals surface area contributed by atoms with Crippen molar-refractivity contribution in [2.24, 2.45) is 0 Å². The van der Waals surface area contributed by atoms with E-state index in [0.717, 1.165) is 49.4 Å². The third-order valence-corrected chi connectivity index (χ3v) is 19.1. The number of para-hydroxylation sites is 3. The van der Waals surface area contributed by atoms with Crippen LogP contribution in [0.5, 0.6) is 0 Å². The summed E-state index contributed by atoms with van der Waals surface area (Å²) in [4.78, 5) is 138. The predicted octanol–water partition coefficient (Wildman–Crippen LogP) is 15.0. The molecule has 0 aliphatic carbocycles. The number of methoxy groups -OCH3 is 2. The van der Waals surface area contributed by atoms with Gasteiger partial charge in [-0.25, -0.2) is 58.7 Å². The number of aliphatic hydroxyl groups excluding tert-OH is 1. The van der Waals surface area contributed by atoms with E-state index in [1.165, 1.54) is 26.4 Å². The van der Waals surface area contributed by atoms with E-state index in [-0.39, 0.29) is 36.0 Å². The zero-order valence-corrected chi connectivity index (χ0v) is 63.9. The number of nitrogens with one attached hydrogen (secondary N) is 3. The Morgan fingerprint density at radius 2 is 0.608 bits per heavy atom. The lowest BCUT2D eigenvalue weighted by atomic mass is 10.1. The number of H-pyrrole nitrogens is 3. The molecule has 18 aromatic rings. The molecule has 6 aromatic carbocycles. The van der Waals surface area contributed by atoms with E-state index in [1.54, 1.807) is 98.2 Å². The van der Waals surface area contributed by atoms with Crippen LogP contribution in [0.4, 0.5) is 0 Å². The molecule has 18 rings (SSSR count). The van der Waals surface area contributed by atoms with Gasteiger partial charge in [-0.15, -0.1) is 0 Å². The number of hydrogen-bond donors (Lipinski definition) is 6. The second-order valence-corrected chi connectivity index (χ2v) is 26.8. The highest BCUT2D eigenvalue weighted by Gasteiger charge is 2.29. The van der Waals surface area contributed by atoms with Crippen LogP contribution in [0.15, 0.2) is 292 Å². The molecule has 28 nitrogen and oxygen atoms in total. The molecule has 0 fully saturated rings. The summed E-state index contributed by atoms with van der Waals surface area (Å²) in [7, 11) is 2.53. The number of rotatable bonds is 20. The number of fused-ring (bicyclic) bond motifs is 6. The highest BCUT2D eigenvalue weighted by molar-refractivity contribution is 5.99. The maximum Gasteiger partial charge on any atom is 0.347 e. The lowest BCUT2D eigenvalue weighted by Crippen LogP contribution is -2.30. The van der Waals surface area contributed by atoms with Crippen molar-refractivity contribution in [2.45, 2.75) is 37.6 Å². The van der Waals surface area contributed by atoms with Crippen molar-refractivity contribution >= 4 is 102 Å². The highest BCUT2D eigenvalue weighted by atomic mass is 16.6. The number of aromatic carboxylic acids is 1. The number of carboxylic acids is 2. The predicted molar refractivity (Wildman–Crippen MR) is 447 cm³/mol. The summed E-state index contributed by atoms with van der Waals surface area (Å²) >= 11 is 0. The fourth-order valence-electron chi connectivity index (χ4n) is 13.2. The summed E-state index contributed by atoms with van der Waals surface area (Å²) < 4.78 is 20.5. The molecule has 590 valence electrons. The number of carbonyl (C=O) groups is 6. The summed E-state index contributed by atoms with van der Waals surface area (Å²) in [5.74, 6) is -4.92. The molecule has 0 aliphatic heterocycles. The number of benzene rings is 6. The molecule has 0 unspecified atom stereocenters. The first-order valence-electron chi connectivity index (χ1n) is 37.4. The molecule has 0 aliphatic rings. The number of aliphatic carboxylic acids is 1. The Morgan fingerprint density at radius 3 is 0.917 bits per heavy atom. The van der Waals surface area contributed by atoms with E-state index < -0.39 is 54.1 Å². The summed E-state index contributed by atoms with van der Waals surface area (Å²) in [5.41, 5.74) is 16.2. The van der Waals surface area contributed by atoms with Crippen molar-refractivity contribution in [2.75, 3.05) is 14.2 Å². The third-order valence-electron chi connectivity index (χ3n) is 19.1. The maximum atomic E-state index is 13.2. The number of esters is 4. The Balaban J connectivity index is 0.000000131. The molecule has 28 heteroatoms. The Bertz CT molecular complexity index is 6770. The zero-order chi connectivity index (χ0) is 83.0. The van der Waals surface area contributed by atoms with E-state index >= 15 is 0 Å². The molecule has 12 heterocycles. The van der Waals surface area contributed by atoms with Gasteiger partial charge in [-0.1, -0.05) is 91.0 Å². The van der Waals surface area contributed by atoms with Crippen molar-refractivity contribution in [3.05, 3.63) is 326 Å². The van der Waals surface area contributed by atoms with Crippen LogP contribution in [0.2, 0.25) is 0 Å². The Kier molecular flexibility index (Phi) is 23.9. The second kappa shape index (κ2) is 36.4. The van der Waals surface area contributed by atoms with E-state index in [9.17, 15) is 44.1 Å². The van der Waals surface area contributed by atoms with Gasteiger partial charge in [-0.3, -0.25) is 29.9 Å². The van der Waals surface area contributed by atoms with Crippen LogP contribution in [0.3, 0.4) is 0 Å². The number of carbonyl (C=O) groups excluding carboxylic acids is 4. The number of pyridine rings is 6. The van der Waals surface area contributed by atoms with Crippen LogP contribution in [-0.2, 0) is 52.6 Å². The van der Waals surface area contributed by atoms with Crippen molar-refractivity contribution < 1.29 is 63.0 Å². The average Bonchev–Trinajstić information content (AvgIpc) is 1.04. The van der Waals surface area contributed by atoms with Crippen LogP contribution in [0.1, 0.15) is 47.8 Å². The number of hydrogen-bond acceptors (Lipinski definition) is 23. The monoisotopic (exact) mass is 1590 g/mol. The van der Waals surface area contributed by atoms with Crippen molar-refractivity contribution in [1.29, 1.82) is 0 Å². The van der Waals surface area contributed by atoms with Gasteiger partial charge in [-0.2, -0.15) is 0 Å². The maximum absolute atomic E-state index is 13.2. The molecule has 0 saturated carbocycles. The largest absolute Gasteiger partial charge is 0.478 e. The number of aromatic amines is 3. The first kappa shape index (κ1) is 78.9. The van der Waals surface area contributed by atoms with Gasteiger partial charge >= 0.3 is 35.8 Å². The number of aliphatic hydroxyl groups is 1. The molecule has 0 spiro atoms. The average molecular weight is 1590 g/mol. The van der Waals surface area contributed by atoms with Crippen molar-refractivity contribution in [3.8, 4) is 68.3 Å². The number of ether oxygens (including phenoxy) is 4. The highest BCUT2D eigenvalue weighted by Crippen LogP contribution is 2.34. The zero-order valence-electron chi connectivity index (χ0n) is 63.9. The summed E-state index contributed by atoms with van der Waals surface area (Å²) in [6.07, 6.45) is 12.3. The summed E-state index contributed by atoms with van der Waals surface area (Å²) in [6.45, 7) is 0. The minimum Gasteiger partial charge on any atom is -0.478 e. The van der Waals surface area contributed by atoms with Gasteiger partial charge in [0.05, 0.1) is 98.2 Å². The first-order chi connectivity index (χ1) is 58.6. The van der Waals surface area contributed by atoms with Crippen LogP contribution in [0, 0.1) is 0 Å². The van der Waals surface area contributed by atoms with Gasteiger partial charge in [0.25, 0.3) is 0 Å². The molecule has 120 heavy (non-hydrogen) atoms. The van der Waals surface area contributed by atoms with Gasteiger partial charge in [0.15, 0.2) is 6.10 Å². The Hall–Kier alpha value is -16.4. The summed E-state index contributed by atoms with van der Waals surface area (Å²) in [6, 6.07) is 70.5. The number of aromatic nitrogens is 15. The fraction of sp³-hybridized carbons (Fsp3) is 0.0870. The third kappa shape index (κ3) is 18.1. The van der Waals surface area contributed by atoms with Crippen LogP contribution < -0.4 is 0 Å². The van der Waals surface area contributed by atoms with E-state index in [4.69, 9.17) is 34.1 Å². The van der Waals surface area contributed by atoms with Crippen LogP contribution in [-0.4, -0.2) is 158 Å². The quantitative estimate of drug-likeness (QED) is 0.0305. The molecular weight excluding hydrogens is 1520 g/mol. The Labute approximate surface area is 681 Å². The standard InChI is InChI=1S/C31H23N5O4.C30H21N5O4.C19H12N4O2.C12H13NO3/c1-39-31(38)27(17-20-18-34-22-9-3-2-8-21(20)22)40-30(37)19-12-13-23-26(16-19)36-29(25-11-5-7-15-33-25)28(35-23)24-10-4-6-14-32-24;36-29(37)26(16-19-17-33-21-8-2-1-7-20(19)21)39-30(38)18-11-12-22-25(15-18)35-28(24-10-4-6-14-32-24)27(34-22)23-9-3-5-13-31-23;24-19(25)12-7-8-13-16(11-12)23-18(15-6-2-4-10-21-15)17(22-13)14-5-1-3-9-20-14;1-16-12(15)11(14)6-8-7-13-10-5-3-2-4-9(8)10/h2-16,18,27,34H,17H2,1H3;1-15,17,26,33H,16H2,(H,36,37);1-11H,(H,24,25);2-5,7,11,13-14H,6H2,1H3/t27-;26-;;11-/m00.0/s1. The van der Waals surface area contributed by atoms with E-state index in [1.807, 2.05) is 182 Å². The number of carboxylic acid groups (broad SMARTS) is 2. The molecule has 3 atom stereocenters. The SMILES string of the molecule is COC(=O)[C@@H](O)Cc1c[nH]c2ccccc12.COC(=O)[C@H](Cc1c[nH]c2ccccc12)OC(=O)c1ccc2nc(-c3ccccn3)c(-c3ccccn3)nc2c1.O=C(O)c1ccc2nc(-c3ccccn3)c(-c3ccccn3)nc2c1.O=C(O[C@@H](Cc1c[nH]c2ccccc12)C(=O)O)c1ccc2nc(-c3ccccn3)c(-c3ccccn3)nc2c1. The molecule has 0 bridgehead atoms. The van der Waals surface area contributed by atoms with Gasteiger partial charge in [0.1, 0.15) is 34.2 Å². The van der Waals surface area contributed by atoms with Crippen LogP contribution >= 0.6 is 0 Å². The smallest absolute Gasteiger partial charge is 0.347 e. The van der Waals surface area contributed by atoms with Gasteiger partial charge in [-0.05, 0) is 162 Å². The molecule has 0 saturated heterocycles. The lowest BCUT2D eigenvalue weighted by Gasteiger charge is -2.16. The Morgan fingerprint density at radius 1 is 0.325 bits per heavy atom. The topological polar surface area (TPSA) is 402 Å². The normalized spacial score (nSPS) is 11.7. The second-order valence-electron chi connectivity index (χ2n) is 26.8. The lowest BCUT2D eigenvalue weighted by molar-refractivity contribution is -0.151. The minimum atomic E-state index is -1.37. The summed E-state index contributed by atoms with van der Waals surface area (Å²) in [5, 5.41) is 31.4. The molecule has 0 amide bonds. The minimum absolute atomic E-state index is 0.0235. The molecule has 0 radical (unpaired) electrons. The first-order valence-corrected chi connectivity index (χ1v) is 37.4. The van der Waals surface area contributed by atoms with E-state index in [0.29, 0.717) is 101 Å². The molecule has 12 aromatic heterocycles. The van der Waals surface area contributed by atoms with Gasteiger partial charge in [0.2, 0.25) is 12.2 Å². The van der Waals surface area contributed by atoms with Crippen LogP contribution in [0.25, 0.3) is 134 Å². The van der Waals surface area contributed by atoms with Crippen molar-refractivity contribution in [3.63, 3.8) is 0 Å².